The van der Waals surface area contributed by atoms with E-state index in [4.69, 9.17) is 16.6 Å². The predicted molar refractivity (Wildman–Crippen MR) is 128 cm³/mol. The molecule has 3 aromatic rings. The Bertz CT molecular complexity index is 1150. The van der Waals surface area contributed by atoms with E-state index in [1.807, 2.05) is 33.2 Å². The minimum absolute atomic E-state index is 0.0166. The lowest BCUT2D eigenvalue weighted by atomic mass is 10.2. The molecule has 0 aliphatic heterocycles. The predicted octanol–water partition coefficient (Wildman–Crippen LogP) is 4.65. The van der Waals surface area contributed by atoms with Crippen LogP contribution in [-0.4, -0.2) is 57.1 Å². The van der Waals surface area contributed by atoms with Crippen molar-refractivity contribution in [1.82, 2.24) is 9.88 Å². The van der Waals surface area contributed by atoms with Crippen molar-refractivity contribution < 1.29 is 13.2 Å². The van der Waals surface area contributed by atoms with Gasteiger partial charge in [0.15, 0.2) is 15.0 Å². The first kappa shape index (κ1) is 23.7. The van der Waals surface area contributed by atoms with Crippen molar-refractivity contribution in [2.45, 2.75) is 25.2 Å². The molecule has 0 fully saturated rings. The number of sulfone groups is 1. The van der Waals surface area contributed by atoms with Crippen molar-refractivity contribution in [3.8, 4) is 0 Å². The van der Waals surface area contributed by atoms with E-state index in [9.17, 15) is 13.2 Å². The molecule has 1 aromatic heterocycles. The molecule has 6 nitrogen and oxygen atoms in total. The number of rotatable bonds is 8. The van der Waals surface area contributed by atoms with Gasteiger partial charge in [-0.05, 0) is 69.9 Å². The highest BCUT2D eigenvalue weighted by Crippen LogP contribution is 2.36. The summed E-state index contributed by atoms with van der Waals surface area (Å²) in [4.78, 5) is 22.1. The number of thiazole rings is 1. The molecule has 0 N–H and O–H groups in total. The summed E-state index contributed by atoms with van der Waals surface area (Å²) in [5.74, 6) is -0.199. The fourth-order valence-electron chi connectivity index (χ4n) is 3.16. The average Bonchev–Trinajstić information content (AvgIpc) is 3.20. The third kappa shape index (κ3) is 5.26. The lowest BCUT2D eigenvalue weighted by Crippen LogP contribution is -2.33. The van der Waals surface area contributed by atoms with Gasteiger partial charge >= 0.3 is 0 Å². The minimum Gasteiger partial charge on any atom is -0.309 e. The number of halogens is 1. The Hall–Kier alpha value is -2.00. The molecule has 0 aliphatic carbocycles. The molecule has 0 saturated heterocycles. The van der Waals surface area contributed by atoms with E-state index >= 15 is 0 Å². The third-order valence-electron chi connectivity index (χ3n) is 4.99. The molecule has 0 spiro atoms. The highest BCUT2D eigenvalue weighted by atomic mass is 35.5. The lowest BCUT2D eigenvalue weighted by Gasteiger charge is -2.21. The number of carbonyl (C=O) groups is 1. The van der Waals surface area contributed by atoms with Crippen LogP contribution in [0.1, 0.15) is 29.3 Å². The smallest absolute Gasteiger partial charge is 0.260 e. The molecule has 2 aromatic carbocycles. The van der Waals surface area contributed by atoms with Gasteiger partial charge in [0.05, 0.1) is 25.9 Å². The van der Waals surface area contributed by atoms with E-state index in [1.165, 1.54) is 23.5 Å². The van der Waals surface area contributed by atoms with Gasteiger partial charge in [-0.25, -0.2) is 13.4 Å². The maximum Gasteiger partial charge on any atom is 0.260 e. The van der Waals surface area contributed by atoms with Crippen LogP contribution in [0.15, 0.2) is 41.3 Å². The summed E-state index contributed by atoms with van der Waals surface area (Å²) in [6, 6.07) is 9.86. The van der Waals surface area contributed by atoms with E-state index in [0.717, 1.165) is 28.7 Å². The minimum atomic E-state index is -3.32. The van der Waals surface area contributed by atoms with Gasteiger partial charge in [0.25, 0.3) is 5.91 Å². The first-order valence-electron chi connectivity index (χ1n) is 9.99. The molecule has 3 rings (SSSR count). The fraction of sp³-hybridized carbons (Fsp3) is 0.364. The molecule has 166 valence electrons. The SMILES string of the molecule is CCS(=O)(=O)c1ccc(C(=O)N(CCCN(C)C)c2nc3c(C)ccc(Cl)c3s2)cc1. The molecule has 0 aliphatic rings. The number of nitrogens with zero attached hydrogens (tertiary/aromatic N) is 3. The van der Waals surface area contributed by atoms with Crippen LogP contribution in [0.2, 0.25) is 5.02 Å². The van der Waals surface area contributed by atoms with Crippen LogP contribution in [0.3, 0.4) is 0 Å². The van der Waals surface area contributed by atoms with Gasteiger partial charge < -0.3 is 4.90 Å². The van der Waals surface area contributed by atoms with E-state index in [-0.39, 0.29) is 16.6 Å². The van der Waals surface area contributed by atoms with E-state index in [1.54, 1.807) is 24.0 Å². The zero-order valence-corrected chi connectivity index (χ0v) is 20.4. The van der Waals surface area contributed by atoms with Crippen molar-refractivity contribution in [1.29, 1.82) is 0 Å². The molecule has 0 saturated carbocycles. The quantitative estimate of drug-likeness (QED) is 0.470. The maximum atomic E-state index is 13.4. The van der Waals surface area contributed by atoms with Crippen molar-refractivity contribution in [2.24, 2.45) is 0 Å². The second-order valence-corrected chi connectivity index (χ2v) is 11.2. The fourth-order valence-corrected chi connectivity index (χ4v) is 5.39. The van der Waals surface area contributed by atoms with Gasteiger partial charge in [-0.2, -0.15) is 0 Å². The van der Waals surface area contributed by atoms with Crippen LogP contribution in [0.4, 0.5) is 5.13 Å². The van der Waals surface area contributed by atoms with Gasteiger partial charge in [0, 0.05) is 12.1 Å². The number of amides is 1. The zero-order valence-electron chi connectivity index (χ0n) is 18.1. The van der Waals surface area contributed by atoms with E-state index < -0.39 is 9.84 Å². The molecule has 0 radical (unpaired) electrons. The number of carbonyl (C=O) groups excluding carboxylic acids is 1. The monoisotopic (exact) mass is 479 g/mol. The standard InChI is InChI=1S/C22H26ClN3O3S2/c1-5-31(28,29)17-10-8-16(9-11-17)21(27)26(14-6-13-25(3)4)22-24-19-15(2)7-12-18(23)20(19)30-22/h7-12H,5-6,13-14H2,1-4H3. The Labute approximate surface area is 192 Å². The first-order valence-corrected chi connectivity index (χ1v) is 12.8. The first-order chi connectivity index (χ1) is 14.6. The van der Waals surface area contributed by atoms with Crippen molar-refractivity contribution in [3.63, 3.8) is 0 Å². The maximum absolute atomic E-state index is 13.4. The summed E-state index contributed by atoms with van der Waals surface area (Å²) in [5.41, 5.74) is 2.21. The van der Waals surface area contributed by atoms with Crippen LogP contribution >= 0.6 is 22.9 Å². The average molecular weight is 480 g/mol. The van der Waals surface area contributed by atoms with Crippen LogP contribution < -0.4 is 4.90 Å². The summed E-state index contributed by atoms with van der Waals surface area (Å²) in [6.45, 7) is 4.87. The van der Waals surface area contributed by atoms with Gasteiger partial charge in [0.1, 0.15) is 0 Å². The lowest BCUT2D eigenvalue weighted by molar-refractivity contribution is 0.0986. The summed E-state index contributed by atoms with van der Waals surface area (Å²) < 4.78 is 25.0. The number of anilines is 1. The van der Waals surface area contributed by atoms with E-state index in [2.05, 4.69) is 4.90 Å². The molecule has 0 bridgehead atoms. The molecule has 1 heterocycles. The van der Waals surface area contributed by atoms with Crippen LogP contribution in [0, 0.1) is 6.92 Å². The van der Waals surface area contributed by atoms with Gasteiger partial charge in [0.2, 0.25) is 0 Å². The Morgan fingerprint density at radius 2 is 1.77 bits per heavy atom. The molecule has 9 heteroatoms. The Morgan fingerprint density at radius 1 is 1.10 bits per heavy atom. The summed E-state index contributed by atoms with van der Waals surface area (Å²) >= 11 is 7.76. The summed E-state index contributed by atoms with van der Waals surface area (Å²) in [5, 5.41) is 1.19. The third-order valence-corrected chi connectivity index (χ3v) is 8.28. The Morgan fingerprint density at radius 3 is 2.35 bits per heavy atom. The topological polar surface area (TPSA) is 70.6 Å². The van der Waals surface area contributed by atoms with Gasteiger partial charge in [-0.1, -0.05) is 35.9 Å². The number of aryl methyl sites for hydroxylation is 1. The zero-order chi connectivity index (χ0) is 22.8. The van der Waals surface area contributed by atoms with E-state index in [0.29, 0.717) is 22.3 Å². The molecule has 1 amide bonds. The molecular weight excluding hydrogens is 454 g/mol. The molecular formula is C22H26ClN3O3S2. The Kier molecular flexibility index (Phi) is 7.36. The number of hydrogen-bond donors (Lipinski definition) is 0. The molecule has 0 atom stereocenters. The molecule has 0 unspecified atom stereocenters. The van der Waals surface area contributed by atoms with Gasteiger partial charge in [-0.3, -0.25) is 9.69 Å². The number of hydrogen-bond acceptors (Lipinski definition) is 6. The highest BCUT2D eigenvalue weighted by Gasteiger charge is 2.23. The van der Waals surface area contributed by atoms with Crippen molar-refractivity contribution >= 4 is 54.0 Å². The number of benzene rings is 2. The normalized spacial score (nSPS) is 11.9. The Balaban J connectivity index is 1.98. The largest absolute Gasteiger partial charge is 0.309 e. The van der Waals surface area contributed by atoms with Crippen LogP contribution in [-0.2, 0) is 9.84 Å². The number of fused-ring (bicyclic) bond motifs is 1. The summed E-state index contributed by atoms with van der Waals surface area (Å²) in [7, 11) is 0.653. The second kappa shape index (κ2) is 9.65. The van der Waals surface area contributed by atoms with Crippen molar-refractivity contribution in [3.05, 3.63) is 52.5 Å². The van der Waals surface area contributed by atoms with Gasteiger partial charge in [-0.15, -0.1) is 0 Å². The van der Waals surface area contributed by atoms with Crippen LogP contribution in [0.25, 0.3) is 10.2 Å². The van der Waals surface area contributed by atoms with Crippen molar-refractivity contribution in [2.75, 3.05) is 37.8 Å². The highest BCUT2D eigenvalue weighted by molar-refractivity contribution is 7.91. The molecule has 31 heavy (non-hydrogen) atoms. The number of aromatic nitrogens is 1. The second-order valence-electron chi connectivity index (χ2n) is 7.58. The summed E-state index contributed by atoms with van der Waals surface area (Å²) in [6.07, 6.45) is 0.768. The van der Waals surface area contributed by atoms with Crippen LogP contribution in [0.5, 0.6) is 0 Å².